The van der Waals surface area contributed by atoms with Gasteiger partial charge in [0.05, 0.1) is 62.9 Å². The summed E-state index contributed by atoms with van der Waals surface area (Å²) in [6, 6.07) is -5.54. The van der Waals surface area contributed by atoms with Gasteiger partial charge in [0.2, 0.25) is 0 Å². The second kappa shape index (κ2) is 24.2. The van der Waals surface area contributed by atoms with Crippen molar-refractivity contribution in [3.05, 3.63) is 0 Å². The van der Waals surface area contributed by atoms with Crippen molar-refractivity contribution < 1.29 is 113 Å². The highest BCUT2D eigenvalue weighted by molar-refractivity contribution is 5.72. The predicted molar refractivity (Wildman–Crippen MR) is 199 cm³/mol. The zero-order valence-corrected chi connectivity index (χ0v) is 34.0. The minimum atomic E-state index is -1.86. The molecule has 0 spiro atoms. The van der Waals surface area contributed by atoms with Gasteiger partial charge in [0.1, 0.15) is 73.2 Å². The highest BCUT2D eigenvalue weighted by Gasteiger charge is 2.55. The molecule has 360 valence electrons. The predicted octanol–water partition coefficient (Wildman–Crippen LogP) is -8.27. The van der Waals surface area contributed by atoms with E-state index in [2.05, 4.69) is 10.6 Å². The lowest BCUT2D eigenvalue weighted by molar-refractivity contribution is -0.361. The summed E-state index contributed by atoms with van der Waals surface area (Å²) in [5, 5.41) is 120. The molecular weight excluding hydrogens is 844 g/mol. The fourth-order valence-electron chi connectivity index (χ4n) is 7.81. The van der Waals surface area contributed by atoms with Gasteiger partial charge in [0, 0.05) is 33.7 Å². The highest BCUT2D eigenvalue weighted by Crippen LogP contribution is 2.34. The quantitative estimate of drug-likeness (QED) is 0.0453. The second-order valence-corrected chi connectivity index (χ2v) is 15.3. The normalized spacial score (nSPS) is 42.0. The van der Waals surface area contributed by atoms with E-state index < -0.39 is 186 Å². The third-order valence-corrected chi connectivity index (χ3v) is 11.3. The monoisotopic (exact) mass is 906 g/mol. The smallest absolute Gasteiger partial charge is 0.307 e. The van der Waals surface area contributed by atoms with Crippen molar-refractivity contribution in [2.24, 2.45) is 17.4 Å². The zero-order valence-electron chi connectivity index (χ0n) is 34.0. The average Bonchev–Trinajstić information content (AvgIpc) is 3.23. The molecule has 21 atom stereocenters. The number of aliphatic carboxylic acids is 3. The average molecular weight is 907 g/mol. The topological polar surface area (TPSA) is 433 Å². The molecule has 4 rings (SSSR count). The lowest BCUT2D eigenvalue weighted by atomic mass is 9.93. The maximum atomic E-state index is 12.1. The second-order valence-electron chi connectivity index (χ2n) is 15.3. The number of carboxylic acid groups (broad SMARTS) is 3. The van der Waals surface area contributed by atoms with Crippen LogP contribution in [-0.2, 0) is 57.0 Å². The van der Waals surface area contributed by atoms with Crippen LogP contribution in [0.2, 0.25) is 0 Å². The number of carbonyl (C=O) groups is 3. The Morgan fingerprint density at radius 2 is 0.968 bits per heavy atom. The number of methoxy groups -OCH3 is 2. The molecule has 4 heterocycles. The van der Waals surface area contributed by atoms with Crippen molar-refractivity contribution in [2.45, 2.75) is 142 Å². The van der Waals surface area contributed by atoms with Crippen molar-refractivity contribution in [3.63, 3.8) is 0 Å². The molecule has 27 heteroatoms. The van der Waals surface area contributed by atoms with Gasteiger partial charge in [-0.25, -0.2) is 0 Å². The molecule has 4 aliphatic rings. The summed E-state index contributed by atoms with van der Waals surface area (Å²) in [5.74, 6) is -5.15. The van der Waals surface area contributed by atoms with Crippen LogP contribution in [-0.4, -0.2) is 250 Å². The molecule has 0 saturated carbocycles. The van der Waals surface area contributed by atoms with E-state index in [9.17, 15) is 60.3 Å². The van der Waals surface area contributed by atoms with Crippen molar-refractivity contribution in [1.29, 1.82) is 0 Å². The van der Waals surface area contributed by atoms with Crippen LogP contribution in [0.15, 0.2) is 0 Å². The lowest BCUT2D eigenvalue weighted by Gasteiger charge is -2.50. The molecule has 17 N–H and O–H groups in total. The van der Waals surface area contributed by atoms with Crippen LogP contribution in [0.25, 0.3) is 0 Å². The van der Waals surface area contributed by atoms with Crippen LogP contribution in [0.4, 0.5) is 0 Å². The molecule has 0 aromatic heterocycles. The lowest BCUT2D eigenvalue weighted by Crippen LogP contribution is -2.71. The molecular formula is C35H62N4O23. The first-order valence-electron chi connectivity index (χ1n) is 19.9. The Morgan fingerprint density at radius 1 is 0.565 bits per heavy atom. The van der Waals surface area contributed by atoms with Gasteiger partial charge in [-0.1, -0.05) is 0 Å². The molecule has 0 bridgehead atoms. The number of aliphatic hydroxyl groups excluding tert-OH is 8. The van der Waals surface area contributed by atoms with Crippen LogP contribution in [0, 0.1) is 5.92 Å². The summed E-state index contributed by atoms with van der Waals surface area (Å²) < 4.78 is 51.9. The third-order valence-electron chi connectivity index (χ3n) is 11.3. The fraction of sp³-hybridized carbons (Fsp3) is 0.914. The van der Waals surface area contributed by atoms with Gasteiger partial charge in [-0.2, -0.15) is 0 Å². The summed E-state index contributed by atoms with van der Waals surface area (Å²) in [4.78, 5) is 34.5. The van der Waals surface area contributed by atoms with E-state index in [4.69, 9.17) is 64.3 Å². The number of nitrogens with two attached hydrogens (primary N) is 2. The Morgan fingerprint density at radius 3 is 1.42 bits per heavy atom. The Balaban J connectivity index is 1.58. The number of ether oxygens (including phenoxy) is 9. The van der Waals surface area contributed by atoms with E-state index in [-0.39, 0.29) is 19.4 Å². The Hall–Kier alpha value is -2.43. The molecule has 0 amide bonds. The molecule has 4 saturated heterocycles. The summed E-state index contributed by atoms with van der Waals surface area (Å²) >= 11 is 0. The summed E-state index contributed by atoms with van der Waals surface area (Å²) in [7, 11) is 2.50. The van der Waals surface area contributed by atoms with Gasteiger partial charge in [0.15, 0.2) is 25.2 Å². The Kier molecular flexibility index (Phi) is 20.4. The Bertz CT molecular complexity index is 1410. The van der Waals surface area contributed by atoms with Crippen LogP contribution >= 0.6 is 0 Å². The largest absolute Gasteiger partial charge is 0.481 e. The first-order chi connectivity index (χ1) is 29.5. The molecule has 0 aliphatic carbocycles. The third kappa shape index (κ3) is 12.5. The molecule has 4 aliphatic heterocycles. The molecule has 21 unspecified atom stereocenters. The van der Waals surface area contributed by atoms with E-state index in [0.717, 1.165) is 0 Å². The Labute approximate surface area is 354 Å². The first-order valence-corrected chi connectivity index (χ1v) is 19.9. The number of aliphatic hydroxyl groups is 8. The summed E-state index contributed by atoms with van der Waals surface area (Å²) in [6.07, 6.45) is -25.3. The summed E-state index contributed by atoms with van der Waals surface area (Å²) in [6.45, 7) is -3.81. The van der Waals surface area contributed by atoms with Crippen LogP contribution in [0.3, 0.4) is 0 Å². The molecule has 4 fully saturated rings. The number of hydrogen-bond acceptors (Lipinski definition) is 24. The van der Waals surface area contributed by atoms with Gasteiger partial charge in [-0.05, 0) is 6.42 Å². The van der Waals surface area contributed by atoms with E-state index in [0.29, 0.717) is 0 Å². The maximum absolute atomic E-state index is 12.1. The molecule has 0 aromatic carbocycles. The van der Waals surface area contributed by atoms with E-state index in [1.54, 1.807) is 0 Å². The SMILES string of the molecule is COC1OC(CO)C(OC2OC(CO)C(OC3OC(CO)C(OC4OC(CO)C(OC)C(O)C4NCCC(=O)O)C(O)C3N)C(O)C2NCC(CCC(=O)O)C(=O)O)C(O)C1N. The van der Waals surface area contributed by atoms with Crippen LogP contribution in [0.5, 0.6) is 0 Å². The minimum absolute atomic E-state index is 0.180. The number of nitrogens with one attached hydrogen (secondary N) is 2. The number of hydrogen-bond donors (Lipinski definition) is 15. The molecule has 0 aromatic rings. The van der Waals surface area contributed by atoms with Gasteiger partial charge >= 0.3 is 17.9 Å². The van der Waals surface area contributed by atoms with Crippen LogP contribution in [0.1, 0.15) is 19.3 Å². The fourth-order valence-corrected chi connectivity index (χ4v) is 7.81. The van der Waals surface area contributed by atoms with Gasteiger partial charge < -0.3 is 121 Å². The minimum Gasteiger partial charge on any atom is -0.481 e. The van der Waals surface area contributed by atoms with E-state index in [1.165, 1.54) is 14.2 Å². The van der Waals surface area contributed by atoms with Crippen molar-refractivity contribution in [2.75, 3.05) is 53.7 Å². The summed E-state index contributed by atoms with van der Waals surface area (Å²) in [5.41, 5.74) is 12.5. The van der Waals surface area contributed by atoms with Crippen LogP contribution < -0.4 is 22.1 Å². The van der Waals surface area contributed by atoms with E-state index in [1.807, 2.05) is 0 Å². The van der Waals surface area contributed by atoms with Gasteiger partial charge in [0.25, 0.3) is 0 Å². The standard InChI is InChI=1S/C35H62N4O23/c1-54-27-13(8-40)58-34(21(25(27)50)38-6-5-18(46)47)61-29-15(10-42)57-33(20(37)24(29)49)60-30-16(11-43)59-35(62-28-14(9-41)56-32(55-2)19(36)23(28)48)22(26(30)51)39-7-12(31(52)53)3-4-17(44)45/h12-16,19-30,32-35,38-43,48-51H,3-11,36-37H2,1-2H3,(H,44,45)(H,46,47)(H,52,53). The number of carboxylic acids is 3. The van der Waals surface area contributed by atoms with Crippen molar-refractivity contribution in [3.8, 4) is 0 Å². The van der Waals surface area contributed by atoms with E-state index >= 15 is 0 Å². The number of rotatable bonds is 23. The van der Waals surface area contributed by atoms with Crippen molar-refractivity contribution in [1.82, 2.24) is 10.6 Å². The molecule has 0 radical (unpaired) electrons. The first kappa shape index (κ1) is 52.2. The zero-order chi connectivity index (χ0) is 46.0. The highest BCUT2D eigenvalue weighted by atomic mass is 16.8. The van der Waals surface area contributed by atoms with Crippen molar-refractivity contribution >= 4 is 17.9 Å². The molecule has 27 nitrogen and oxygen atoms in total. The van der Waals surface area contributed by atoms with Gasteiger partial charge in [-0.15, -0.1) is 0 Å². The molecule has 62 heavy (non-hydrogen) atoms. The maximum Gasteiger partial charge on any atom is 0.307 e. The van der Waals surface area contributed by atoms with Gasteiger partial charge in [-0.3, -0.25) is 14.4 Å².